The molecule has 0 saturated heterocycles. The average molecular weight is 651 g/mol. The maximum Gasteiger partial charge on any atom is 0 e. The second kappa shape index (κ2) is 18.0. The molecule has 0 fully saturated rings. The molecule has 0 N–H and O–H groups in total. The van der Waals surface area contributed by atoms with Gasteiger partial charge in [-0.25, -0.2) is 0 Å². The van der Waals surface area contributed by atoms with Crippen LogP contribution in [0.3, 0.4) is 0 Å². The Bertz CT molecular complexity index is 1330. The van der Waals surface area contributed by atoms with Crippen molar-refractivity contribution in [3.8, 4) is 11.1 Å². The molecule has 0 bridgehead atoms. The summed E-state index contributed by atoms with van der Waals surface area (Å²) in [4.78, 5) is 0. The van der Waals surface area contributed by atoms with Gasteiger partial charge in [-0.2, -0.15) is 0 Å². The zero-order valence-corrected chi connectivity index (χ0v) is 32.2. The molecule has 0 nitrogen and oxygen atoms in total. The first-order valence-corrected chi connectivity index (χ1v) is 16.2. The van der Waals surface area contributed by atoms with E-state index < -0.39 is 0 Å². The van der Waals surface area contributed by atoms with Crippen molar-refractivity contribution >= 4 is 0 Å². The molecule has 0 atom stereocenters. The number of rotatable bonds is 7. The summed E-state index contributed by atoms with van der Waals surface area (Å²) in [6.07, 6.45) is 3.14. The Morgan fingerprint density at radius 2 is 1.00 bits per heavy atom. The predicted molar refractivity (Wildman–Crippen MR) is 189 cm³/mol. The molecule has 0 amide bonds. The zero-order valence-electron chi connectivity index (χ0n) is 29.4. The Kier molecular flexibility index (Phi) is 16.3. The Morgan fingerprint density at radius 1 is 0.558 bits per heavy atom. The van der Waals surface area contributed by atoms with Gasteiger partial charge in [0.2, 0.25) is 0 Å². The van der Waals surface area contributed by atoms with Gasteiger partial charge in [0.05, 0.1) is 0 Å². The quantitative estimate of drug-likeness (QED) is 0.175. The van der Waals surface area contributed by atoms with Gasteiger partial charge in [0.1, 0.15) is 0 Å². The number of hydrogen-bond acceptors (Lipinski definition) is 0. The van der Waals surface area contributed by atoms with Gasteiger partial charge in [-0.15, -0.1) is 41.3 Å². The fraction of sp³-hybridized carbons (Fsp3) is 0.405. The summed E-state index contributed by atoms with van der Waals surface area (Å²) in [5, 5.41) is 0. The Hall–Kier alpha value is -2.15. The molecular weight excluding hydrogens is 593 g/mol. The molecule has 0 aromatic heterocycles. The van der Waals surface area contributed by atoms with Gasteiger partial charge in [-0.3, -0.25) is 0 Å². The standard InChI is InChI=1S/C38H45.2C2H6.Y/c1-9-30-25-34(18-19-35(30)26-37(3,4)5)33-16-12-29(13-17-33)24-28-10-14-31(15-11-28)27(2)32-20-22-36(23-21-32)38(6,7)8;2*1-2;/h10-23,25H,9,24,26H2,1-8H3;2*1-2H3;/q-1;;;. The van der Waals surface area contributed by atoms with E-state index in [4.69, 9.17) is 0 Å². The first-order chi connectivity index (χ1) is 19.9. The van der Waals surface area contributed by atoms with E-state index in [9.17, 15) is 0 Å². The molecule has 0 saturated carbocycles. The van der Waals surface area contributed by atoms with Gasteiger partial charge in [-0.1, -0.05) is 161 Å². The summed E-state index contributed by atoms with van der Waals surface area (Å²) >= 11 is 0. The first-order valence-electron chi connectivity index (χ1n) is 16.2. The van der Waals surface area contributed by atoms with Crippen LogP contribution in [-0.4, -0.2) is 0 Å². The van der Waals surface area contributed by atoms with Gasteiger partial charge in [0.15, 0.2) is 0 Å². The molecule has 4 aromatic rings. The molecule has 43 heavy (non-hydrogen) atoms. The smallest absolute Gasteiger partial charge is 0 e. The molecule has 0 heterocycles. The zero-order chi connectivity index (χ0) is 31.5. The van der Waals surface area contributed by atoms with Crippen molar-refractivity contribution in [2.45, 2.75) is 108 Å². The molecule has 229 valence electrons. The third-order valence-electron chi connectivity index (χ3n) is 7.57. The summed E-state index contributed by atoms with van der Waals surface area (Å²) in [6, 6.07) is 34.3. The predicted octanol–water partition coefficient (Wildman–Crippen LogP) is 12.4. The second-order valence-electron chi connectivity index (χ2n) is 13.1. The van der Waals surface area contributed by atoms with Crippen molar-refractivity contribution in [1.82, 2.24) is 0 Å². The minimum absolute atomic E-state index is 0. The fourth-order valence-corrected chi connectivity index (χ4v) is 5.19. The molecule has 0 spiro atoms. The van der Waals surface area contributed by atoms with Gasteiger partial charge >= 0.3 is 0 Å². The minimum atomic E-state index is 0. The normalized spacial score (nSPS) is 10.9. The van der Waals surface area contributed by atoms with Gasteiger partial charge in [0, 0.05) is 32.7 Å². The van der Waals surface area contributed by atoms with E-state index in [2.05, 4.69) is 146 Å². The summed E-state index contributed by atoms with van der Waals surface area (Å²) in [5.41, 5.74) is 12.7. The van der Waals surface area contributed by atoms with Crippen LogP contribution in [0.4, 0.5) is 0 Å². The minimum Gasteiger partial charge on any atom is -0.121 e. The van der Waals surface area contributed by atoms with Crippen LogP contribution >= 0.6 is 0 Å². The van der Waals surface area contributed by atoms with E-state index in [0.29, 0.717) is 5.41 Å². The first kappa shape index (κ1) is 38.9. The van der Waals surface area contributed by atoms with E-state index in [0.717, 1.165) is 19.3 Å². The van der Waals surface area contributed by atoms with Crippen molar-refractivity contribution in [2.75, 3.05) is 0 Å². The van der Waals surface area contributed by atoms with E-state index in [1.54, 1.807) is 0 Å². The van der Waals surface area contributed by atoms with Crippen molar-refractivity contribution in [3.05, 3.63) is 136 Å². The molecule has 0 unspecified atom stereocenters. The summed E-state index contributed by atoms with van der Waals surface area (Å²) in [7, 11) is 0. The van der Waals surface area contributed by atoms with E-state index in [1.807, 2.05) is 27.7 Å². The van der Waals surface area contributed by atoms with Crippen LogP contribution < -0.4 is 0 Å². The Labute approximate surface area is 291 Å². The van der Waals surface area contributed by atoms with Crippen LogP contribution in [0.25, 0.3) is 11.1 Å². The third kappa shape index (κ3) is 11.7. The number of aryl methyl sites for hydroxylation is 1. The number of hydrogen-bond donors (Lipinski definition) is 0. The van der Waals surface area contributed by atoms with E-state index >= 15 is 0 Å². The van der Waals surface area contributed by atoms with Crippen molar-refractivity contribution in [2.24, 2.45) is 5.41 Å². The maximum atomic E-state index is 2.39. The largest absolute Gasteiger partial charge is 0.121 e. The summed E-state index contributed by atoms with van der Waals surface area (Å²) in [6.45, 7) is 26.2. The van der Waals surface area contributed by atoms with Crippen LogP contribution in [0.15, 0.2) is 91.0 Å². The molecule has 0 aliphatic carbocycles. The van der Waals surface area contributed by atoms with Crippen molar-refractivity contribution in [1.29, 1.82) is 0 Å². The average Bonchev–Trinajstić information content (AvgIpc) is 2.99. The molecule has 1 heteroatoms. The second-order valence-corrected chi connectivity index (χ2v) is 13.1. The van der Waals surface area contributed by atoms with Gasteiger partial charge < -0.3 is 0 Å². The molecule has 1 radical (unpaired) electrons. The van der Waals surface area contributed by atoms with Crippen LogP contribution in [-0.2, 0) is 57.4 Å². The third-order valence-corrected chi connectivity index (χ3v) is 7.57. The van der Waals surface area contributed by atoms with Crippen molar-refractivity contribution < 1.29 is 32.7 Å². The molecule has 4 aromatic carbocycles. The van der Waals surface area contributed by atoms with Crippen molar-refractivity contribution in [3.63, 3.8) is 0 Å². The Morgan fingerprint density at radius 3 is 1.44 bits per heavy atom. The molecule has 0 aliphatic heterocycles. The number of benzene rings is 4. The summed E-state index contributed by atoms with van der Waals surface area (Å²) in [5.74, 6) is 1.32. The topological polar surface area (TPSA) is 0 Å². The summed E-state index contributed by atoms with van der Waals surface area (Å²) < 4.78 is 0. The van der Waals surface area contributed by atoms with E-state index in [1.165, 1.54) is 56.0 Å². The monoisotopic (exact) mass is 650 g/mol. The van der Waals surface area contributed by atoms with Crippen LogP contribution in [0, 0.1) is 11.3 Å². The van der Waals surface area contributed by atoms with Gasteiger partial charge in [-0.05, 0) is 57.9 Å². The molecular formula is C42H57Y-. The molecule has 0 aliphatic rings. The van der Waals surface area contributed by atoms with Crippen LogP contribution in [0.5, 0.6) is 0 Å². The van der Waals surface area contributed by atoms with E-state index in [-0.39, 0.29) is 38.1 Å². The SMILES string of the molecule is CC.CC.CCc1cc(-c2ccc(Cc3ccc([C-](C)c4ccc(C(C)(C)C)cc4)cc3)cc2)ccc1CC(C)(C)C.[Y]. The van der Waals surface area contributed by atoms with Crippen LogP contribution in [0.2, 0.25) is 0 Å². The van der Waals surface area contributed by atoms with Gasteiger partial charge in [0.25, 0.3) is 0 Å². The Balaban J connectivity index is 0.00000177. The molecule has 4 rings (SSSR count). The fourth-order valence-electron chi connectivity index (χ4n) is 5.19. The van der Waals surface area contributed by atoms with Crippen LogP contribution in [0.1, 0.15) is 122 Å². The maximum absolute atomic E-state index is 2.39.